The van der Waals surface area contributed by atoms with E-state index < -0.39 is 0 Å². The number of anilines is 1. The molecule has 3 aromatic rings. The first-order chi connectivity index (χ1) is 8.69. The van der Waals surface area contributed by atoms with Crippen LogP contribution in [0.2, 0.25) is 0 Å². The molecule has 0 radical (unpaired) electrons. The van der Waals surface area contributed by atoms with Crippen molar-refractivity contribution in [3.8, 4) is 11.4 Å². The molecule has 92 valence electrons. The molecule has 6 heteroatoms. The minimum Gasteiger partial charge on any atom is -0.390 e. The van der Waals surface area contributed by atoms with Gasteiger partial charge in [-0.25, -0.2) is 0 Å². The van der Waals surface area contributed by atoms with Gasteiger partial charge in [0.1, 0.15) is 0 Å². The summed E-state index contributed by atoms with van der Waals surface area (Å²) in [5, 5.41) is 13.5. The van der Waals surface area contributed by atoms with Crippen LogP contribution in [-0.2, 0) is 6.42 Å². The number of hydrogen-bond donors (Lipinski definition) is 1. The van der Waals surface area contributed by atoms with Crippen LogP contribution < -0.4 is 5.73 Å². The van der Waals surface area contributed by atoms with Crippen molar-refractivity contribution in [1.29, 1.82) is 0 Å². The Labute approximate surface area is 108 Å². The molecule has 2 N–H and O–H groups in total. The topological polar surface area (TPSA) is 69.1 Å². The molecule has 0 aromatic carbocycles. The second kappa shape index (κ2) is 4.06. The maximum atomic E-state index is 6.05. The molecule has 3 heterocycles. The summed E-state index contributed by atoms with van der Waals surface area (Å²) in [5.41, 5.74) is 8.63. The summed E-state index contributed by atoms with van der Waals surface area (Å²) in [6.45, 7) is 4.05. The predicted octanol–water partition coefficient (Wildman–Crippen LogP) is 2.31. The van der Waals surface area contributed by atoms with Crippen molar-refractivity contribution in [2.24, 2.45) is 0 Å². The highest BCUT2D eigenvalue weighted by Crippen LogP contribution is 2.33. The smallest absolute Gasteiger partial charge is 0.188 e. The van der Waals surface area contributed by atoms with Gasteiger partial charge < -0.3 is 5.73 Å². The van der Waals surface area contributed by atoms with E-state index in [9.17, 15) is 0 Å². The van der Waals surface area contributed by atoms with Gasteiger partial charge in [-0.1, -0.05) is 6.92 Å². The zero-order valence-corrected chi connectivity index (χ0v) is 11.0. The lowest BCUT2D eigenvalue weighted by Crippen LogP contribution is -1.97. The van der Waals surface area contributed by atoms with E-state index in [-0.39, 0.29) is 0 Å². The summed E-state index contributed by atoms with van der Waals surface area (Å²) in [7, 11) is 0. The first kappa shape index (κ1) is 11.2. The van der Waals surface area contributed by atoms with Gasteiger partial charge in [-0.15, -0.1) is 21.5 Å². The minimum absolute atomic E-state index is 0.710. The molecule has 0 aliphatic rings. The largest absolute Gasteiger partial charge is 0.390 e. The monoisotopic (exact) mass is 259 g/mol. The molecule has 0 aliphatic heterocycles. The van der Waals surface area contributed by atoms with E-state index in [1.54, 1.807) is 15.9 Å². The molecule has 18 heavy (non-hydrogen) atoms. The van der Waals surface area contributed by atoms with Crippen LogP contribution in [0.1, 0.15) is 17.5 Å². The van der Waals surface area contributed by atoms with E-state index in [0.29, 0.717) is 5.82 Å². The van der Waals surface area contributed by atoms with Crippen molar-refractivity contribution in [3.63, 3.8) is 0 Å². The minimum atomic E-state index is 0.710. The fourth-order valence-electron chi connectivity index (χ4n) is 1.86. The maximum absolute atomic E-state index is 6.05. The number of aryl methyl sites for hydroxylation is 2. The zero-order valence-electron chi connectivity index (χ0n) is 10.2. The molecular formula is C12H13N5S. The fraction of sp³-hybridized carbons (Fsp3) is 0.250. The Balaban J connectivity index is 2.24. The summed E-state index contributed by atoms with van der Waals surface area (Å²) >= 11 is 1.59. The average Bonchev–Trinajstić information content (AvgIpc) is 2.92. The highest BCUT2D eigenvalue weighted by Gasteiger charge is 2.14. The van der Waals surface area contributed by atoms with Crippen LogP contribution in [0.4, 0.5) is 5.00 Å². The molecule has 0 saturated carbocycles. The van der Waals surface area contributed by atoms with Gasteiger partial charge in [0.25, 0.3) is 0 Å². The Morgan fingerprint density at radius 1 is 1.33 bits per heavy atom. The number of fused-ring (bicyclic) bond motifs is 1. The number of nitrogens with zero attached hydrogens (tertiary/aromatic N) is 4. The second-order valence-corrected chi connectivity index (χ2v) is 5.28. The molecule has 0 fully saturated rings. The Bertz CT molecular complexity index is 712. The van der Waals surface area contributed by atoms with Crippen LogP contribution in [-0.4, -0.2) is 19.8 Å². The van der Waals surface area contributed by atoms with Crippen LogP contribution >= 0.6 is 11.3 Å². The number of nitrogens with two attached hydrogens (primary N) is 1. The lowest BCUT2D eigenvalue weighted by molar-refractivity contribution is 0.902. The standard InChI is InChI=1S/C12H13N5S/c1-3-8-6-9(11(13)18-8)12-15-14-10-5-4-7(2)16-17(10)12/h4-6H,3,13H2,1-2H3. The van der Waals surface area contributed by atoms with Crippen molar-refractivity contribution in [3.05, 3.63) is 28.8 Å². The molecule has 0 bridgehead atoms. The summed E-state index contributed by atoms with van der Waals surface area (Å²) in [5.74, 6) is 0.710. The van der Waals surface area contributed by atoms with E-state index in [0.717, 1.165) is 28.3 Å². The summed E-state index contributed by atoms with van der Waals surface area (Å²) in [4.78, 5) is 1.24. The number of rotatable bonds is 2. The van der Waals surface area contributed by atoms with Gasteiger partial charge in [-0.3, -0.25) is 0 Å². The molecule has 0 saturated heterocycles. The SMILES string of the molecule is CCc1cc(-c2nnc3ccc(C)nn23)c(N)s1. The second-order valence-electron chi connectivity index (χ2n) is 4.11. The first-order valence-corrected chi connectivity index (χ1v) is 6.58. The molecular weight excluding hydrogens is 246 g/mol. The van der Waals surface area contributed by atoms with Crippen molar-refractivity contribution in [1.82, 2.24) is 19.8 Å². The maximum Gasteiger partial charge on any atom is 0.188 e. The lowest BCUT2D eigenvalue weighted by atomic mass is 10.2. The number of thiophene rings is 1. The van der Waals surface area contributed by atoms with Gasteiger partial charge in [0.05, 0.1) is 16.3 Å². The van der Waals surface area contributed by atoms with Gasteiger partial charge in [-0.05, 0) is 31.5 Å². The Kier molecular flexibility index (Phi) is 2.52. The molecule has 5 nitrogen and oxygen atoms in total. The summed E-state index contributed by atoms with van der Waals surface area (Å²) in [6.07, 6.45) is 0.970. The van der Waals surface area contributed by atoms with E-state index in [4.69, 9.17) is 5.73 Å². The molecule has 0 atom stereocenters. The van der Waals surface area contributed by atoms with Crippen LogP contribution in [0.3, 0.4) is 0 Å². The van der Waals surface area contributed by atoms with Crippen LogP contribution in [0.15, 0.2) is 18.2 Å². The van der Waals surface area contributed by atoms with E-state index in [1.807, 2.05) is 19.1 Å². The third kappa shape index (κ3) is 1.65. The van der Waals surface area contributed by atoms with Crippen LogP contribution in [0.25, 0.3) is 17.0 Å². The molecule has 3 aromatic heterocycles. The number of aromatic nitrogens is 4. The van der Waals surface area contributed by atoms with Crippen molar-refractivity contribution < 1.29 is 0 Å². The van der Waals surface area contributed by atoms with Gasteiger partial charge in [0.2, 0.25) is 0 Å². The summed E-state index contributed by atoms with van der Waals surface area (Å²) in [6, 6.07) is 5.89. The number of hydrogen-bond acceptors (Lipinski definition) is 5. The Hall–Kier alpha value is -1.95. The number of nitrogen functional groups attached to an aromatic ring is 1. The molecule has 0 amide bonds. The molecule has 0 unspecified atom stereocenters. The molecule has 3 rings (SSSR count). The van der Waals surface area contributed by atoms with Crippen molar-refractivity contribution in [2.45, 2.75) is 20.3 Å². The lowest BCUT2D eigenvalue weighted by Gasteiger charge is -1.98. The Morgan fingerprint density at radius 3 is 2.89 bits per heavy atom. The molecule has 0 aliphatic carbocycles. The average molecular weight is 259 g/mol. The van der Waals surface area contributed by atoms with Crippen molar-refractivity contribution >= 4 is 22.0 Å². The van der Waals surface area contributed by atoms with Gasteiger partial charge in [0, 0.05) is 4.88 Å². The first-order valence-electron chi connectivity index (χ1n) is 5.76. The third-order valence-electron chi connectivity index (χ3n) is 2.80. The third-order valence-corrected chi connectivity index (χ3v) is 3.91. The normalized spacial score (nSPS) is 11.2. The Morgan fingerprint density at radius 2 is 2.17 bits per heavy atom. The van der Waals surface area contributed by atoms with E-state index in [1.165, 1.54) is 4.88 Å². The van der Waals surface area contributed by atoms with Crippen molar-refractivity contribution in [2.75, 3.05) is 5.73 Å². The molecule has 0 spiro atoms. The van der Waals surface area contributed by atoms with Crippen LogP contribution in [0.5, 0.6) is 0 Å². The van der Waals surface area contributed by atoms with Gasteiger partial charge in [0.15, 0.2) is 11.5 Å². The highest BCUT2D eigenvalue weighted by atomic mass is 32.1. The van der Waals surface area contributed by atoms with E-state index in [2.05, 4.69) is 28.3 Å². The summed E-state index contributed by atoms with van der Waals surface area (Å²) < 4.78 is 1.74. The van der Waals surface area contributed by atoms with Gasteiger partial charge in [-0.2, -0.15) is 9.61 Å². The fourth-order valence-corrected chi connectivity index (χ4v) is 2.72. The zero-order chi connectivity index (χ0) is 12.7. The predicted molar refractivity (Wildman–Crippen MR) is 72.6 cm³/mol. The van der Waals surface area contributed by atoms with E-state index >= 15 is 0 Å². The van der Waals surface area contributed by atoms with Gasteiger partial charge >= 0.3 is 0 Å². The highest BCUT2D eigenvalue weighted by molar-refractivity contribution is 7.16. The quantitative estimate of drug-likeness (QED) is 0.766. The van der Waals surface area contributed by atoms with Crippen LogP contribution in [0, 0.1) is 6.92 Å².